The summed E-state index contributed by atoms with van der Waals surface area (Å²) in [6, 6.07) is 9.21. The maximum atomic E-state index is 14.0. The molecular formula is C17H11BrFNO3S2. The number of thioether (sulfide) groups is 1. The molecule has 4 nitrogen and oxygen atoms in total. The molecule has 0 saturated carbocycles. The first-order chi connectivity index (χ1) is 11.9. The Bertz CT molecular complexity index is 917. The van der Waals surface area contributed by atoms with Gasteiger partial charge in [-0.3, -0.25) is 9.69 Å². The normalized spacial score (nSPS) is 16.0. The van der Waals surface area contributed by atoms with E-state index in [1.54, 1.807) is 30.3 Å². The summed E-state index contributed by atoms with van der Waals surface area (Å²) in [4.78, 5) is 14.2. The average Bonchev–Trinajstić information content (AvgIpc) is 2.85. The van der Waals surface area contributed by atoms with Crippen LogP contribution in [0, 0.1) is 5.82 Å². The summed E-state index contributed by atoms with van der Waals surface area (Å²) in [6.07, 6.45) is 1.62. The largest absolute Gasteiger partial charge is 0.503 e. The third kappa shape index (κ3) is 3.42. The Morgan fingerprint density at radius 3 is 2.76 bits per heavy atom. The van der Waals surface area contributed by atoms with E-state index in [2.05, 4.69) is 15.9 Å². The second-order valence-electron chi connectivity index (χ2n) is 5.02. The summed E-state index contributed by atoms with van der Waals surface area (Å²) in [5.41, 5.74) is 0.758. The summed E-state index contributed by atoms with van der Waals surface area (Å²) in [5.74, 6) is -0.680. The third-order valence-electron chi connectivity index (χ3n) is 3.46. The number of anilines is 1. The van der Waals surface area contributed by atoms with Gasteiger partial charge in [0.25, 0.3) is 5.91 Å². The van der Waals surface area contributed by atoms with E-state index in [1.807, 2.05) is 0 Å². The maximum absolute atomic E-state index is 14.0. The summed E-state index contributed by atoms with van der Waals surface area (Å²) in [5, 5.41) is 9.86. The van der Waals surface area contributed by atoms with Crippen LogP contribution in [-0.4, -0.2) is 22.4 Å². The van der Waals surface area contributed by atoms with Gasteiger partial charge in [0.15, 0.2) is 15.8 Å². The molecule has 1 heterocycles. The number of carbonyl (C=O) groups excluding carboxylic acids is 1. The summed E-state index contributed by atoms with van der Waals surface area (Å²) >= 11 is 9.56. The Labute approximate surface area is 161 Å². The molecule has 8 heteroatoms. The van der Waals surface area contributed by atoms with Crippen molar-refractivity contribution in [2.45, 2.75) is 0 Å². The van der Waals surface area contributed by atoms with E-state index >= 15 is 0 Å². The molecule has 1 amide bonds. The lowest BCUT2D eigenvalue weighted by Gasteiger charge is -2.14. The summed E-state index contributed by atoms with van der Waals surface area (Å²) in [7, 11) is 1.43. The first-order valence-electron chi connectivity index (χ1n) is 7.01. The van der Waals surface area contributed by atoms with E-state index in [0.29, 0.717) is 14.9 Å². The van der Waals surface area contributed by atoms with Crippen molar-refractivity contribution >= 4 is 61.9 Å². The molecule has 0 aliphatic carbocycles. The number of hydrogen-bond acceptors (Lipinski definition) is 5. The highest BCUT2D eigenvalue weighted by Crippen LogP contribution is 2.39. The number of amides is 1. The van der Waals surface area contributed by atoms with Gasteiger partial charge in [0.2, 0.25) is 0 Å². The maximum Gasteiger partial charge on any atom is 0.270 e. The van der Waals surface area contributed by atoms with Crippen molar-refractivity contribution in [1.82, 2.24) is 0 Å². The molecule has 1 N–H and O–H groups in total. The van der Waals surface area contributed by atoms with E-state index in [-0.39, 0.29) is 21.5 Å². The number of aromatic hydroxyl groups is 1. The SMILES string of the molecule is COc1cc(C=C2SC(=S)N(c3ccccc3F)C2=O)cc(Br)c1O. The van der Waals surface area contributed by atoms with Crippen LogP contribution < -0.4 is 9.64 Å². The van der Waals surface area contributed by atoms with Crippen molar-refractivity contribution in [3.8, 4) is 11.5 Å². The highest BCUT2D eigenvalue weighted by molar-refractivity contribution is 9.10. The topological polar surface area (TPSA) is 49.8 Å². The molecule has 2 aromatic rings. The standard InChI is InChI=1S/C17H11BrFNO3S2/c1-23-13-7-9(6-10(18)15(13)21)8-14-16(22)20(17(24)25-14)12-5-3-2-4-11(12)19/h2-8,21H,1H3. The third-order valence-corrected chi connectivity index (χ3v) is 5.36. The average molecular weight is 440 g/mol. The zero-order valence-corrected chi connectivity index (χ0v) is 16.0. The predicted molar refractivity (Wildman–Crippen MR) is 104 cm³/mol. The minimum absolute atomic E-state index is 0.0291. The van der Waals surface area contributed by atoms with Gasteiger partial charge in [0.05, 0.1) is 22.2 Å². The minimum Gasteiger partial charge on any atom is -0.503 e. The summed E-state index contributed by atoms with van der Waals surface area (Å²) < 4.78 is 19.8. The van der Waals surface area contributed by atoms with Crippen LogP contribution in [0.3, 0.4) is 0 Å². The van der Waals surface area contributed by atoms with E-state index in [4.69, 9.17) is 17.0 Å². The van der Waals surface area contributed by atoms with E-state index < -0.39 is 11.7 Å². The molecule has 0 atom stereocenters. The molecule has 0 unspecified atom stereocenters. The fraction of sp³-hybridized carbons (Fsp3) is 0.0588. The van der Waals surface area contributed by atoms with Crippen LogP contribution in [0.4, 0.5) is 10.1 Å². The molecule has 0 radical (unpaired) electrons. The zero-order valence-electron chi connectivity index (χ0n) is 12.8. The molecule has 0 bridgehead atoms. The quantitative estimate of drug-likeness (QED) is 0.554. The highest BCUT2D eigenvalue weighted by Gasteiger charge is 2.34. The van der Waals surface area contributed by atoms with Gasteiger partial charge in [-0.15, -0.1) is 0 Å². The molecule has 3 rings (SSSR count). The monoisotopic (exact) mass is 439 g/mol. The molecule has 0 aromatic heterocycles. The zero-order chi connectivity index (χ0) is 18.1. The van der Waals surface area contributed by atoms with Crippen LogP contribution in [0.25, 0.3) is 6.08 Å². The molecule has 2 aromatic carbocycles. The first-order valence-corrected chi connectivity index (χ1v) is 9.03. The van der Waals surface area contributed by atoms with Crippen molar-refractivity contribution < 1.29 is 19.0 Å². The Morgan fingerprint density at radius 1 is 1.36 bits per heavy atom. The van der Waals surface area contributed by atoms with Crippen LogP contribution in [0.15, 0.2) is 45.8 Å². The molecule has 1 fully saturated rings. The van der Waals surface area contributed by atoms with Crippen molar-refractivity contribution in [2.75, 3.05) is 12.0 Å². The van der Waals surface area contributed by atoms with Gasteiger partial charge < -0.3 is 9.84 Å². The molecule has 1 aliphatic rings. The molecule has 1 aliphatic heterocycles. The van der Waals surface area contributed by atoms with Crippen molar-refractivity contribution in [1.29, 1.82) is 0 Å². The fourth-order valence-corrected chi connectivity index (χ4v) is 4.04. The molecule has 25 heavy (non-hydrogen) atoms. The number of methoxy groups -OCH3 is 1. The van der Waals surface area contributed by atoms with Crippen LogP contribution in [0.1, 0.15) is 5.56 Å². The second-order valence-corrected chi connectivity index (χ2v) is 7.55. The lowest BCUT2D eigenvalue weighted by Crippen LogP contribution is -2.28. The van der Waals surface area contributed by atoms with Crippen LogP contribution in [0.5, 0.6) is 11.5 Å². The number of thiocarbonyl (C=S) groups is 1. The number of benzene rings is 2. The predicted octanol–water partition coefficient (Wildman–Crippen LogP) is 4.71. The molecular weight excluding hydrogens is 429 g/mol. The number of nitrogens with zero attached hydrogens (tertiary/aromatic N) is 1. The molecule has 1 saturated heterocycles. The number of phenolic OH excluding ortho intramolecular Hbond substituents is 1. The number of halogens is 2. The highest BCUT2D eigenvalue weighted by atomic mass is 79.9. The van der Waals surface area contributed by atoms with Gasteiger partial charge in [0, 0.05) is 0 Å². The second kappa shape index (κ2) is 7.15. The van der Waals surface area contributed by atoms with Gasteiger partial charge in [-0.25, -0.2) is 4.39 Å². The van der Waals surface area contributed by atoms with Gasteiger partial charge >= 0.3 is 0 Å². The van der Waals surface area contributed by atoms with Crippen molar-refractivity contribution in [3.63, 3.8) is 0 Å². The van der Waals surface area contributed by atoms with Gasteiger partial charge in [-0.1, -0.05) is 36.1 Å². The van der Waals surface area contributed by atoms with Gasteiger partial charge in [0.1, 0.15) is 5.82 Å². The van der Waals surface area contributed by atoms with Crippen LogP contribution in [-0.2, 0) is 4.79 Å². The lowest BCUT2D eigenvalue weighted by molar-refractivity contribution is -0.113. The fourth-order valence-electron chi connectivity index (χ4n) is 2.29. The number of phenols is 1. The van der Waals surface area contributed by atoms with Crippen molar-refractivity contribution in [3.05, 3.63) is 57.2 Å². The number of carbonyl (C=O) groups is 1. The Hall–Kier alpha value is -1.90. The van der Waals surface area contributed by atoms with E-state index in [0.717, 1.165) is 11.8 Å². The van der Waals surface area contributed by atoms with Crippen LogP contribution in [0.2, 0.25) is 0 Å². The molecule has 128 valence electrons. The number of rotatable bonds is 3. The lowest BCUT2D eigenvalue weighted by atomic mass is 10.2. The summed E-state index contributed by atoms with van der Waals surface area (Å²) in [6.45, 7) is 0. The van der Waals surface area contributed by atoms with E-state index in [9.17, 15) is 14.3 Å². The Balaban J connectivity index is 1.99. The van der Waals surface area contributed by atoms with Gasteiger partial charge in [-0.05, 0) is 51.8 Å². The first kappa shape index (κ1) is 17.9. The Kier molecular flexibility index (Phi) is 5.12. The number of para-hydroxylation sites is 1. The molecule has 0 spiro atoms. The van der Waals surface area contributed by atoms with Crippen molar-refractivity contribution in [2.24, 2.45) is 0 Å². The Morgan fingerprint density at radius 2 is 2.08 bits per heavy atom. The minimum atomic E-state index is -0.519. The van der Waals surface area contributed by atoms with Gasteiger partial charge in [-0.2, -0.15) is 0 Å². The number of ether oxygens (including phenoxy) is 1. The van der Waals surface area contributed by atoms with E-state index in [1.165, 1.54) is 24.1 Å². The van der Waals surface area contributed by atoms with Crippen LogP contribution >= 0.6 is 39.9 Å². The number of hydrogen-bond donors (Lipinski definition) is 1. The smallest absolute Gasteiger partial charge is 0.270 e.